The van der Waals surface area contributed by atoms with Crippen LogP contribution in [-0.4, -0.2) is 34.7 Å². The number of hydrogen-bond donors (Lipinski definition) is 4. The average molecular weight is 247 g/mol. The highest BCUT2D eigenvalue weighted by atomic mass is 16.6. The number of hydrazine groups is 1. The van der Waals surface area contributed by atoms with E-state index in [1.54, 1.807) is 26.2 Å². The third-order valence-corrected chi connectivity index (χ3v) is 1.54. The Hall–Kier alpha value is -1.83. The fraction of sp³-hybridized carbons (Fsp3) is 0.667. The number of rotatable bonds is 4. The monoisotopic (exact) mass is 247 g/mol. The molecule has 0 radical (unpaired) electrons. The van der Waals surface area contributed by atoms with E-state index >= 15 is 0 Å². The standard InChI is InChI=1S/C9H17N3O5/c1-9(2,3)17-8(16)11-5(7(14)15)4-6(13)12-10/h5H,4,10H2,1-3H3,(H,11,16)(H,12,13)(H,14,15)/t5-/m0/s1. The predicted molar refractivity (Wildman–Crippen MR) is 57.7 cm³/mol. The van der Waals surface area contributed by atoms with Gasteiger partial charge in [-0.1, -0.05) is 0 Å². The van der Waals surface area contributed by atoms with Gasteiger partial charge in [0.1, 0.15) is 11.6 Å². The lowest BCUT2D eigenvalue weighted by Gasteiger charge is -2.21. The molecule has 0 saturated heterocycles. The maximum absolute atomic E-state index is 11.3. The molecule has 2 amide bonds. The molecular formula is C9H17N3O5. The molecule has 0 rings (SSSR count). The van der Waals surface area contributed by atoms with Crippen LogP contribution in [0.4, 0.5) is 4.79 Å². The molecule has 0 spiro atoms. The van der Waals surface area contributed by atoms with Crippen LogP contribution in [0, 0.1) is 0 Å². The summed E-state index contributed by atoms with van der Waals surface area (Å²) in [6, 6.07) is -1.38. The van der Waals surface area contributed by atoms with E-state index in [-0.39, 0.29) is 0 Å². The minimum Gasteiger partial charge on any atom is -0.480 e. The Morgan fingerprint density at radius 2 is 1.88 bits per heavy atom. The molecule has 0 bridgehead atoms. The summed E-state index contributed by atoms with van der Waals surface area (Å²) in [4.78, 5) is 32.9. The van der Waals surface area contributed by atoms with Gasteiger partial charge in [-0.05, 0) is 20.8 Å². The van der Waals surface area contributed by atoms with Gasteiger partial charge in [-0.15, -0.1) is 0 Å². The normalized spacial score (nSPS) is 12.5. The van der Waals surface area contributed by atoms with Gasteiger partial charge in [0.15, 0.2) is 0 Å². The molecule has 8 heteroatoms. The average Bonchev–Trinajstić information content (AvgIpc) is 2.13. The van der Waals surface area contributed by atoms with E-state index in [1.165, 1.54) is 0 Å². The number of aliphatic carboxylic acids is 1. The zero-order valence-corrected chi connectivity index (χ0v) is 9.94. The van der Waals surface area contributed by atoms with Crippen molar-refractivity contribution in [1.29, 1.82) is 0 Å². The van der Waals surface area contributed by atoms with Crippen LogP contribution in [0.3, 0.4) is 0 Å². The number of carboxylic acid groups (broad SMARTS) is 1. The van der Waals surface area contributed by atoms with Gasteiger partial charge in [0.25, 0.3) is 0 Å². The molecule has 0 aliphatic carbocycles. The second-order valence-electron chi connectivity index (χ2n) is 4.31. The van der Waals surface area contributed by atoms with Crippen LogP contribution in [-0.2, 0) is 14.3 Å². The Kier molecular flexibility index (Phi) is 5.39. The summed E-state index contributed by atoms with van der Waals surface area (Å²) in [5.74, 6) is 2.77. The fourth-order valence-corrected chi connectivity index (χ4v) is 0.894. The van der Waals surface area contributed by atoms with Gasteiger partial charge >= 0.3 is 12.1 Å². The highest BCUT2D eigenvalue weighted by molar-refractivity contribution is 5.86. The lowest BCUT2D eigenvalue weighted by Crippen LogP contribution is -2.46. The Balaban J connectivity index is 4.41. The van der Waals surface area contributed by atoms with E-state index in [4.69, 9.17) is 15.7 Å². The van der Waals surface area contributed by atoms with Gasteiger partial charge in [-0.25, -0.2) is 15.4 Å². The molecule has 0 aliphatic rings. The topological polar surface area (TPSA) is 131 Å². The van der Waals surface area contributed by atoms with Crippen molar-refractivity contribution in [2.24, 2.45) is 5.84 Å². The fourth-order valence-electron chi connectivity index (χ4n) is 0.894. The van der Waals surface area contributed by atoms with Crippen LogP contribution >= 0.6 is 0 Å². The Labute approximate surface area is 98.5 Å². The number of amides is 2. The van der Waals surface area contributed by atoms with E-state index in [0.29, 0.717) is 0 Å². The van der Waals surface area contributed by atoms with Crippen molar-refractivity contribution in [1.82, 2.24) is 10.7 Å². The molecule has 0 saturated carbocycles. The molecule has 5 N–H and O–H groups in total. The summed E-state index contributed by atoms with van der Waals surface area (Å²) in [5.41, 5.74) is 1.03. The Morgan fingerprint density at radius 3 is 2.24 bits per heavy atom. The van der Waals surface area contributed by atoms with Crippen LogP contribution < -0.4 is 16.6 Å². The van der Waals surface area contributed by atoms with Crippen molar-refractivity contribution in [2.75, 3.05) is 0 Å². The Morgan fingerprint density at radius 1 is 1.35 bits per heavy atom. The van der Waals surface area contributed by atoms with Gasteiger partial charge < -0.3 is 15.2 Å². The summed E-state index contributed by atoms with van der Waals surface area (Å²) in [6.45, 7) is 4.90. The van der Waals surface area contributed by atoms with Crippen molar-refractivity contribution < 1.29 is 24.2 Å². The minimum atomic E-state index is -1.38. The molecular weight excluding hydrogens is 230 g/mol. The molecule has 0 unspecified atom stereocenters. The van der Waals surface area contributed by atoms with Crippen molar-refractivity contribution >= 4 is 18.0 Å². The quantitative estimate of drug-likeness (QED) is 0.296. The molecule has 17 heavy (non-hydrogen) atoms. The van der Waals surface area contributed by atoms with Crippen molar-refractivity contribution in [2.45, 2.75) is 38.8 Å². The molecule has 0 aliphatic heterocycles. The first-order valence-electron chi connectivity index (χ1n) is 4.87. The molecule has 0 heterocycles. The zero-order valence-electron chi connectivity index (χ0n) is 9.94. The third kappa shape index (κ3) is 7.12. The second kappa shape index (κ2) is 6.04. The van der Waals surface area contributed by atoms with E-state index in [0.717, 1.165) is 0 Å². The van der Waals surface area contributed by atoms with E-state index in [9.17, 15) is 14.4 Å². The lowest BCUT2D eigenvalue weighted by atomic mass is 10.2. The highest BCUT2D eigenvalue weighted by Crippen LogP contribution is 2.07. The van der Waals surface area contributed by atoms with Gasteiger partial charge in [-0.3, -0.25) is 10.2 Å². The second-order valence-corrected chi connectivity index (χ2v) is 4.31. The lowest BCUT2D eigenvalue weighted by molar-refractivity contribution is -0.141. The molecule has 0 fully saturated rings. The Bertz CT molecular complexity index is 310. The van der Waals surface area contributed by atoms with Crippen molar-refractivity contribution in [3.05, 3.63) is 0 Å². The summed E-state index contributed by atoms with van der Waals surface area (Å²) >= 11 is 0. The van der Waals surface area contributed by atoms with Crippen LogP contribution in [0.15, 0.2) is 0 Å². The number of carbonyl (C=O) groups excluding carboxylic acids is 2. The number of nitrogens with one attached hydrogen (secondary N) is 2. The summed E-state index contributed by atoms with van der Waals surface area (Å²) in [5, 5.41) is 10.8. The van der Waals surface area contributed by atoms with Crippen LogP contribution in [0.2, 0.25) is 0 Å². The van der Waals surface area contributed by atoms with Gasteiger partial charge in [0, 0.05) is 0 Å². The molecule has 0 aromatic heterocycles. The number of carboxylic acids is 1. The summed E-state index contributed by atoms with van der Waals surface area (Å²) < 4.78 is 4.86. The minimum absolute atomic E-state index is 0.467. The summed E-state index contributed by atoms with van der Waals surface area (Å²) in [7, 11) is 0. The first kappa shape index (κ1) is 15.2. The first-order chi connectivity index (χ1) is 7.65. The van der Waals surface area contributed by atoms with Crippen LogP contribution in [0.5, 0.6) is 0 Å². The maximum atomic E-state index is 11.3. The number of alkyl carbamates (subject to hydrolysis) is 1. The van der Waals surface area contributed by atoms with Crippen molar-refractivity contribution in [3.63, 3.8) is 0 Å². The molecule has 1 atom stereocenters. The molecule has 8 nitrogen and oxygen atoms in total. The largest absolute Gasteiger partial charge is 0.480 e. The van der Waals surface area contributed by atoms with Crippen LogP contribution in [0.25, 0.3) is 0 Å². The number of nitrogens with two attached hydrogens (primary N) is 1. The van der Waals surface area contributed by atoms with E-state index < -0.39 is 36.0 Å². The predicted octanol–water partition coefficient (Wildman–Crippen LogP) is -0.656. The smallest absolute Gasteiger partial charge is 0.408 e. The zero-order chi connectivity index (χ0) is 13.6. The molecule has 98 valence electrons. The van der Waals surface area contributed by atoms with Crippen LogP contribution in [0.1, 0.15) is 27.2 Å². The van der Waals surface area contributed by atoms with Gasteiger partial charge in [-0.2, -0.15) is 0 Å². The first-order valence-corrected chi connectivity index (χ1v) is 4.87. The number of carbonyl (C=O) groups is 3. The van der Waals surface area contributed by atoms with Gasteiger partial charge in [0.2, 0.25) is 5.91 Å². The molecule has 0 aromatic rings. The van der Waals surface area contributed by atoms with Crippen molar-refractivity contribution in [3.8, 4) is 0 Å². The molecule has 0 aromatic carbocycles. The van der Waals surface area contributed by atoms with E-state index in [1.807, 2.05) is 0 Å². The SMILES string of the molecule is CC(C)(C)OC(=O)N[C@@H](CC(=O)NN)C(=O)O. The summed E-state index contributed by atoms with van der Waals surface area (Å²) in [6.07, 6.45) is -1.37. The highest BCUT2D eigenvalue weighted by Gasteiger charge is 2.25. The van der Waals surface area contributed by atoms with Gasteiger partial charge in [0.05, 0.1) is 6.42 Å². The maximum Gasteiger partial charge on any atom is 0.408 e. The third-order valence-electron chi connectivity index (χ3n) is 1.54. The number of hydrogen-bond acceptors (Lipinski definition) is 5. The number of ether oxygens (including phenoxy) is 1. The van der Waals surface area contributed by atoms with E-state index in [2.05, 4.69) is 5.32 Å².